The van der Waals surface area contributed by atoms with Crippen molar-refractivity contribution in [2.24, 2.45) is 0 Å². The van der Waals surface area contributed by atoms with Gasteiger partial charge in [0.2, 0.25) is 5.69 Å². The number of H-pyrrole nitrogens is 1. The fraction of sp³-hybridized carbons (Fsp3) is 0.400. The van der Waals surface area contributed by atoms with Crippen LogP contribution in [0.1, 0.15) is 17.4 Å². The molecule has 0 fully saturated rings. The maximum Gasteiger partial charge on any atom is 0.363 e. The molecule has 1 rings (SSSR count). The molecule has 0 saturated heterocycles. The Morgan fingerprint density at radius 2 is 2.45 bits per heavy atom. The summed E-state index contributed by atoms with van der Waals surface area (Å²) in [5, 5.41) is 8.23. The van der Waals surface area contributed by atoms with Crippen molar-refractivity contribution in [3.05, 3.63) is 11.6 Å². The Bertz CT molecular complexity index is 260. The van der Waals surface area contributed by atoms with Crippen molar-refractivity contribution in [3.63, 3.8) is 0 Å². The molecule has 0 amide bonds. The molecule has 0 aliphatic heterocycles. The topological polar surface area (TPSA) is 67.9 Å². The highest BCUT2D eigenvalue weighted by atomic mass is 19.1. The summed E-state index contributed by atoms with van der Waals surface area (Å²) in [6.07, 6.45) is 0. The molecule has 1 heterocycles. The molecule has 0 aliphatic carbocycles. The summed E-state index contributed by atoms with van der Waals surface area (Å²) < 4.78 is 16.9. The van der Waals surface area contributed by atoms with Gasteiger partial charge in [0.05, 0.1) is 6.61 Å². The predicted octanol–water partition coefficient (Wildman–Crippen LogP) is 0.120. The fourth-order valence-corrected chi connectivity index (χ4v) is 0.547. The third-order valence-electron chi connectivity index (χ3n) is 0.974. The zero-order chi connectivity index (χ0) is 8.27. The number of halogens is 1. The molecule has 0 radical (unpaired) electrons. The molecule has 0 saturated carbocycles. The van der Waals surface area contributed by atoms with Crippen LogP contribution in [-0.2, 0) is 4.74 Å². The molecule has 0 unspecified atom stereocenters. The third-order valence-corrected chi connectivity index (χ3v) is 0.974. The van der Waals surface area contributed by atoms with E-state index in [9.17, 15) is 9.18 Å². The second-order valence-corrected chi connectivity index (χ2v) is 1.68. The number of hydrogen-bond acceptors (Lipinski definition) is 4. The molecule has 0 aromatic carbocycles. The van der Waals surface area contributed by atoms with E-state index in [1.165, 1.54) is 0 Å². The largest absolute Gasteiger partial charge is 0.461 e. The van der Waals surface area contributed by atoms with Crippen molar-refractivity contribution in [1.29, 1.82) is 0 Å². The Morgan fingerprint density at radius 3 is 2.91 bits per heavy atom. The summed E-state index contributed by atoms with van der Waals surface area (Å²) >= 11 is 0. The number of ether oxygens (including phenoxy) is 1. The number of carbonyl (C=O) groups excluding carboxylic acids is 1. The Balaban J connectivity index is 2.76. The second kappa shape index (κ2) is 3.09. The van der Waals surface area contributed by atoms with Gasteiger partial charge in [-0.3, -0.25) is 0 Å². The van der Waals surface area contributed by atoms with Gasteiger partial charge in [-0.25, -0.2) is 4.79 Å². The van der Waals surface area contributed by atoms with Gasteiger partial charge in [-0.2, -0.15) is 9.60 Å². The van der Waals surface area contributed by atoms with E-state index in [2.05, 4.69) is 14.9 Å². The van der Waals surface area contributed by atoms with Gasteiger partial charge < -0.3 is 4.74 Å². The lowest BCUT2D eigenvalue weighted by Gasteiger charge is -1.94. The van der Waals surface area contributed by atoms with Gasteiger partial charge in [0.1, 0.15) is 0 Å². The molecule has 5 nitrogen and oxygen atoms in total. The summed E-state index contributed by atoms with van der Waals surface area (Å²) in [5.74, 6) is -1.75. The van der Waals surface area contributed by atoms with E-state index in [0.717, 1.165) is 0 Å². The van der Waals surface area contributed by atoms with Crippen molar-refractivity contribution in [3.8, 4) is 0 Å². The van der Waals surface area contributed by atoms with Gasteiger partial charge in [0, 0.05) is 0 Å². The highest BCUT2D eigenvalue weighted by molar-refractivity contribution is 5.86. The normalized spacial score (nSPS) is 9.64. The van der Waals surface area contributed by atoms with Crippen LogP contribution >= 0.6 is 0 Å². The van der Waals surface area contributed by atoms with E-state index in [1.54, 1.807) is 6.92 Å². The molecular formula is C5H6FN3O2. The first kappa shape index (κ1) is 7.64. The molecule has 1 aromatic rings. The van der Waals surface area contributed by atoms with Crippen molar-refractivity contribution in [2.75, 3.05) is 6.61 Å². The Hall–Kier alpha value is -1.46. The van der Waals surface area contributed by atoms with Crippen LogP contribution < -0.4 is 0 Å². The second-order valence-electron chi connectivity index (χ2n) is 1.68. The van der Waals surface area contributed by atoms with Crippen LogP contribution in [0.25, 0.3) is 0 Å². The van der Waals surface area contributed by atoms with Crippen LogP contribution in [0.5, 0.6) is 0 Å². The summed E-state index contributed by atoms with van der Waals surface area (Å²) in [7, 11) is 0. The molecule has 6 heteroatoms. The van der Waals surface area contributed by atoms with E-state index in [-0.39, 0.29) is 6.61 Å². The lowest BCUT2D eigenvalue weighted by Crippen LogP contribution is -2.07. The van der Waals surface area contributed by atoms with Crippen molar-refractivity contribution >= 4 is 5.97 Å². The van der Waals surface area contributed by atoms with Crippen LogP contribution in [-0.4, -0.2) is 28.0 Å². The van der Waals surface area contributed by atoms with Crippen LogP contribution in [0.4, 0.5) is 4.39 Å². The Kier molecular flexibility index (Phi) is 2.15. The minimum atomic E-state index is -0.941. The van der Waals surface area contributed by atoms with E-state index in [1.807, 2.05) is 5.21 Å². The van der Waals surface area contributed by atoms with E-state index in [0.29, 0.717) is 0 Å². The van der Waals surface area contributed by atoms with E-state index >= 15 is 0 Å². The Labute approximate surface area is 61.6 Å². The molecule has 60 valence electrons. The van der Waals surface area contributed by atoms with E-state index in [4.69, 9.17) is 0 Å². The molecule has 1 aromatic heterocycles. The number of hydrogen-bond donors (Lipinski definition) is 1. The number of nitrogens with one attached hydrogen (secondary N) is 1. The molecular weight excluding hydrogens is 153 g/mol. The minimum Gasteiger partial charge on any atom is -0.461 e. The van der Waals surface area contributed by atoms with Crippen LogP contribution in [0.3, 0.4) is 0 Å². The van der Waals surface area contributed by atoms with Crippen molar-refractivity contribution in [1.82, 2.24) is 15.4 Å². The number of carbonyl (C=O) groups is 1. The van der Waals surface area contributed by atoms with Gasteiger partial charge in [0.25, 0.3) is 5.95 Å². The SMILES string of the molecule is CCOC(=O)c1n[nH]nc1F. The smallest absolute Gasteiger partial charge is 0.363 e. The van der Waals surface area contributed by atoms with Crippen molar-refractivity contribution < 1.29 is 13.9 Å². The number of esters is 1. The lowest BCUT2D eigenvalue weighted by atomic mass is 10.5. The third kappa shape index (κ3) is 1.51. The first-order valence-electron chi connectivity index (χ1n) is 2.99. The van der Waals surface area contributed by atoms with Crippen molar-refractivity contribution in [2.45, 2.75) is 6.92 Å². The molecule has 0 aliphatic rings. The summed E-state index contributed by atoms with van der Waals surface area (Å²) in [6.45, 7) is 1.81. The molecule has 0 bridgehead atoms. The molecule has 1 N–H and O–H groups in total. The van der Waals surface area contributed by atoms with Gasteiger partial charge in [-0.05, 0) is 6.92 Å². The Morgan fingerprint density at radius 1 is 1.73 bits per heavy atom. The van der Waals surface area contributed by atoms with E-state index < -0.39 is 17.6 Å². The van der Waals surface area contributed by atoms with Gasteiger partial charge in [-0.1, -0.05) is 0 Å². The minimum absolute atomic E-state index is 0.186. The first-order chi connectivity index (χ1) is 5.25. The monoisotopic (exact) mass is 159 g/mol. The predicted molar refractivity (Wildman–Crippen MR) is 32.3 cm³/mol. The van der Waals surface area contributed by atoms with Crippen LogP contribution in [0.2, 0.25) is 0 Å². The standard InChI is InChI=1S/C5H6FN3O2/c1-2-11-5(10)3-4(6)8-9-7-3/h2H2,1H3,(H,7,8,9). The maximum atomic E-state index is 12.4. The highest BCUT2D eigenvalue weighted by Crippen LogP contribution is 1.99. The zero-order valence-corrected chi connectivity index (χ0v) is 5.80. The van der Waals surface area contributed by atoms with Crippen LogP contribution in [0.15, 0.2) is 0 Å². The summed E-state index contributed by atoms with van der Waals surface area (Å²) in [5.41, 5.74) is -0.410. The maximum absolute atomic E-state index is 12.4. The average Bonchev–Trinajstić information content (AvgIpc) is 2.36. The van der Waals surface area contributed by atoms with Crippen LogP contribution in [0, 0.1) is 5.95 Å². The number of aromatic nitrogens is 3. The highest BCUT2D eigenvalue weighted by Gasteiger charge is 2.16. The number of aromatic amines is 1. The first-order valence-corrected chi connectivity index (χ1v) is 2.99. The number of nitrogens with zero attached hydrogens (tertiary/aromatic N) is 2. The average molecular weight is 159 g/mol. The molecule has 0 atom stereocenters. The lowest BCUT2D eigenvalue weighted by molar-refractivity contribution is 0.0514. The quantitative estimate of drug-likeness (QED) is 0.622. The fourth-order valence-electron chi connectivity index (χ4n) is 0.547. The number of rotatable bonds is 2. The zero-order valence-electron chi connectivity index (χ0n) is 5.80. The summed E-state index contributed by atoms with van der Waals surface area (Å²) in [6, 6.07) is 0. The van der Waals surface area contributed by atoms with Gasteiger partial charge in [0.15, 0.2) is 0 Å². The van der Waals surface area contributed by atoms with Gasteiger partial charge >= 0.3 is 5.97 Å². The molecule has 11 heavy (non-hydrogen) atoms. The van der Waals surface area contributed by atoms with Gasteiger partial charge in [-0.15, -0.1) is 10.2 Å². The molecule has 0 spiro atoms. The summed E-state index contributed by atoms with van der Waals surface area (Å²) in [4.78, 5) is 10.7.